The third-order valence-corrected chi connectivity index (χ3v) is 6.94. The van der Waals surface area contributed by atoms with E-state index in [9.17, 15) is 14.4 Å². The van der Waals surface area contributed by atoms with Crippen LogP contribution in [0.2, 0.25) is 20.5 Å². The molecule has 3 unspecified atom stereocenters. The number of hydrazine groups is 3. The summed E-state index contributed by atoms with van der Waals surface area (Å²) in [6.07, 6.45) is 5.96. The lowest BCUT2D eigenvalue weighted by atomic mass is 9.87. The molecule has 43 heavy (non-hydrogen) atoms. The van der Waals surface area contributed by atoms with Crippen LogP contribution in [0.4, 0.5) is 0 Å². The molecule has 9 N–H and O–H groups in total. The summed E-state index contributed by atoms with van der Waals surface area (Å²) in [4.78, 5) is 39.6. The largest absolute Gasteiger partial charge is 0.481 e. The number of hydrogen-bond acceptors (Lipinski definition) is 10. The number of carboxylic acids is 1. The first-order valence-electron chi connectivity index (χ1n) is 13.9. The number of carboxylic acid groups (broad SMARTS) is 1. The fourth-order valence-corrected chi connectivity index (χ4v) is 4.70. The van der Waals surface area contributed by atoms with Crippen molar-refractivity contribution in [3.8, 4) is 0 Å². The Morgan fingerprint density at radius 3 is 1.30 bits per heavy atom. The van der Waals surface area contributed by atoms with Gasteiger partial charge in [0.05, 0.1) is 17.8 Å². The number of rotatable bonds is 7. The predicted octanol–water partition coefficient (Wildman–Crippen LogP) is 1.05. The lowest BCUT2D eigenvalue weighted by Gasteiger charge is -2.30. The fraction of sp³-hybridized carbons (Fsp3) is 0.889. The molecule has 0 aromatic heterocycles. The van der Waals surface area contributed by atoms with Gasteiger partial charge in [0.1, 0.15) is 0 Å². The molecule has 3 rings (SSSR count). The van der Waals surface area contributed by atoms with Gasteiger partial charge < -0.3 is 19.5 Å². The zero-order chi connectivity index (χ0) is 29.6. The Hall–Kier alpha value is -1.68. The number of carbonyl (C=O) groups is 3. The predicted molar refractivity (Wildman–Crippen MR) is 185 cm³/mol. The van der Waals surface area contributed by atoms with E-state index in [0.717, 1.165) is 71.2 Å². The first-order valence-corrected chi connectivity index (χ1v) is 13.9. The third kappa shape index (κ3) is 22.5. The van der Waals surface area contributed by atoms with Crippen LogP contribution >= 0.6 is 0 Å². The van der Waals surface area contributed by atoms with Crippen molar-refractivity contribution in [3.63, 3.8) is 0 Å². The lowest BCUT2D eigenvalue weighted by molar-refractivity contribution is -0.143. The molecular formula is C27H67B3N9O4. The van der Waals surface area contributed by atoms with E-state index >= 15 is 0 Å². The highest BCUT2D eigenvalue weighted by Gasteiger charge is 2.25. The Morgan fingerprint density at radius 1 is 0.674 bits per heavy atom. The van der Waals surface area contributed by atoms with Gasteiger partial charge in [-0.2, -0.15) is 0 Å². The van der Waals surface area contributed by atoms with Crippen LogP contribution < -0.4 is 33.4 Å². The summed E-state index contributed by atoms with van der Waals surface area (Å²) >= 11 is 0. The summed E-state index contributed by atoms with van der Waals surface area (Å²) in [5.74, 6) is 9.12. The normalized spacial score (nSPS) is 21.4. The monoisotopic (exact) mass is 615 g/mol. The van der Waals surface area contributed by atoms with Gasteiger partial charge in [-0.1, -0.05) is 50.2 Å². The van der Waals surface area contributed by atoms with Gasteiger partial charge in [0.2, 0.25) is 34.1 Å². The number of piperidine rings is 3. The van der Waals surface area contributed by atoms with Gasteiger partial charge in [0, 0.05) is 13.6 Å². The molecule has 3 radical (unpaired) electrons. The van der Waals surface area contributed by atoms with E-state index in [4.69, 9.17) is 10.9 Å². The first kappa shape index (κ1) is 50.9. The number of aliphatic carboxylic acids is 1. The average molecular weight is 614 g/mol. The molecule has 16 heteroatoms. The molecule has 0 aromatic rings. The topological polar surface area (TPSA) is 181 Å². The number of amides is 2. The SMILES string of the molecule is C.C.C.C.CNN.C[B]N1CCCC(C(=O)NN)C1.C[B]N1CCCC(C(=O)NNC)C1.C[B]N1CCCC(C(=O)O)C1. The van der Waals surface area contributed by atoms with Gasteiger partial charge in [-0.25, -0.2) is 11.3 Å². The highest BCUT2D eigenvalue weighted by atomic mass is 16.4. The molecule has 2 amide bonds. The van der Waals surface area contributed by atoms with Gasteiger partial charge in [0.25, 0.3) is 0 Å². The Labute approximate surface area is 267 Å². The summed E-state index contributed by atoms with van der Waals surface area (Å²) < 4.78 is 0. The molecule has 3 fully saturated rings. The van der Waals surface area contributed by atoms with E-state index in [2.05, 4.69) is 49.4 Å². The molecule has 0 bridgehead atoms. The highest BCUT2D eigenvalue weighted by Crippen LogP contribution is 2.16. The maximum Gasteiger partial charge on any atom is 0.307 e. The quantitative estimate of drug-likeness (QED) is 0.0943. The molecule has 0 aliphatic carbocycles. The number of hydrogen-bond donors (Lipinski definition) is 7. The van der Waals surface area contributed by atoms with Gasteiger partial charge in [-0.05, 0) is 78.3 Å². The second kappa shape index (κ2) is 31.7. The molecule has 3 aliphatic rings. The number of nitrogens with zero attached hydrogens (tertiary/aromatic N) is 3. The van der Waals surface area contributed by atoms with Crippen molar-refractivity contribution < 1.29 is 19.5 Å². The van der Waals surface area contributed by atoms with Crippen LogP contribution in [0, 0.1) is 17.8 Å². The standard InChI is InChI=1S/C8H17BN3O.C7H15BN3O.C7H13BNO2.CH6N2.4CH4/c1-9-12-5-3-4-7(6-12)8(13)11-10-2;1-8-11-4-2-3-6(5-11)7(12)10-9;1-8-9-4-2-3-6(5-9)7(10)11;1-3-2;;;;/h7,10H,3-6H2,1-2H3,(H,11,13);6H,2-5,9H2,1H3,(H,10,12);6H,2-5H2,1H3,(H,10,11);3H,2H2,1H3;4*1H4. The van der Waals surface area contributed by atoms with E-state index in [1.807, 2.05) is 35.3 Å². The van der Waals surface area contributed by atoms with Crippen LogP contribution in [0.3, 0.4) is 0 Å². The second-order valence-electron chi connectivity index (χ2n) is 9.65. The van der Waals surface area contributed by atoms with Crippen molar-refractivity contribution in [3.05, 3.63) is 0 Å². The van der Waals surface area contributed by atoms with Crippen LogP contribution in [0.15, 0.2) is 0 Å². The summed E-state index contributed by atoms with van der Waals surface area (Å²) in [5, 5.41) is 8.71. The zero-order valence-corrected chi connectivity index (χ0v) is 24.6. The molecule has 3 heterocycles. The van der Waals surface area contributed by atoms with Crippen LogP contribution in [0.25, 0.3) is 0 Å². The molecule has 253 valence electrons. The van der Waals surface area contributed by atoms with E-state index < -0.39 is 5.97 Å². The molecule has 3 saturated heterocycles. The second-order valence-corrected chi connectivity index (χ2v) is 9.65. The van der Waals surface area contributed by atoms with E-state index in [0.29, 0.717) is 6.54 Å². The summed E-state index contributed by atoms with van der Waals surface area (Å²) in [5.41, 5.74) is 9.75. The van der Waals surface area contributed by atoms with Crippen LogP contribution in [0.5, 0.6) is 0 Å². The highest BCUT2D eigenvalue weighted by molar-refractivity contribution is 6.30. The molecule has 3 atom stereocenters. The van der Waals surface area contributed by atoms with Crippen LogP contribution in [0.1, 0.15) is 68.2 Å². The van der Waals surface area contributed by atoms with Gasteiger partial charge in [0.15, 0.2) is 0 Å². The molecule has 3 aliphatic heterocycles. The minimum Gasteiger partial charge on any atom is -0.481 e. The summed E-state index contributed by atoms with van der Waals surface area (Å²) in [6, 6.07) is 0. The number of nitrogens with two attached hydrogens (primary N) is 2. The zero-order valence-electron chi connectivity index (χ0n) is 24.6. The maximum absolute atomic E-state index is 11.4. The van der Waals surface area contributed by atoms with Crippen LogP contribution in [-0.4, -0.2) is 113 Å². The molecule has 0 spiro atoms. The van der Waals surface area contributed by atoms with E-state index in [1.54, 1.807) is 14.1 Å². The molecular weight excluding hydrogens is 547 g/mol. The molecule has 0 saturated carbocycles. The smallest absolute Gasteiger partial charge is 0.307 e. The number of nitrogens with one attached hydrogen (secondary N) is 4. The Morgan fingerprint density at radius 2 is 1.00 bits per heavy atom. The van der Waals surface area contributed by atoms with E-state index in [-0.39, 0.29) is 59.3 Å². The maximum atomic E-state index is 11.4. The number of carbonyl (C=O) groups excluding carboxylic acids is 2. The summed E-state index contributed by atoms with van der Waals surface area (Å²) in [7, 11) is 9.41. The summed E-state index contributed by atoms with van der Waals surface area (Å²) in [6.45, 7) is 11.5. The third-order valence-electron chi connectivity index (χ3n) is 6.94. The first-order chi connectivity index (χ1) is 18.7. The van der Waals surface area contributed by atoms with Crippen molar-refractivity contribution >= 4 is 40.0 Å². The Balaban J connectivity index is -0.000000154. The van der Waals surface area contributed by atoms with Gasteiger partial charge in [-0.3, -0.25) is 36.5 Å². The van der Waals surface area contributed by atoms with Gasteiger partial charge >= 0.3 is 5.97 Å². The molecule has 0 aromatic carbocycles. The Kier molecular flexibility index (Phi) is 37.6. The van der Waals surface area contributed by atoms with Crippen molar-refractivity contribution in [2.75, 3.05) is 53.4 Å². The molecule has 13 nitrogen and oxygen atoms in total. The van der Waals surface area contributed by atoms with Gasteiger partial charge in [-0.15, -0.1) is 0 Å². The lowest BCUT2D eigenvalue weighted by Crippen LogP contribution is -2.46. The fourth-order valence-electron chi connectivity index (χ4n) is 4.70. The Bertz CT molecular complexity index is 688. The van der Waals surface area contributed by atoms with Crippen molar-refractivity contribution in [1.82, 2.24) is 36.1 Å². The van der Waals surface area contributed by atoms with Crippen molar-refractivity contribution in [2.45, 2.75) is 88.7 Å². The average Bonchev–Trinajstić information content (AvgIpc) is 2.98. The van der Waals surface area contributed by atoms with E-state index in [1.165, 1.54) is 0 Å². The van der Waals surface area contributed by atoms with Crippen molar-refractivity contribution in [2.24, 2.45) is 29.4 Å². The minimum absolute atomic E-state index is 0. The minimum atomic E-state index is -0.656. The van der Waals surface area contributed by atoms with Crippen LogP contribution in [-0.2, 0) is 14.4 Å². The van der Waals surface area contributed by atoms with Crippen molar-refractivity contribution in [1.29, 1.82) is 0 Å².